The number of nitrogens with one attached hydrogen (secondary N) is 2. The van der Waals surface area contributed by atoms with Crippen LogP contribution in [0.4, 0.5) is 19.3 Å². The molecule has 3 amide bonds. The quantitative estimate of drug-likeness (QED) is 0.689. The summed E-state index contributed by atoms with van der Waals surface area (Å²) in [6, 6.07) is 2.63. The predicted molar refractivity (Wildman–Crippen MR) is 108 cm³/mol. The zero-order valence-corrected chi connectivity index (χ0v) is 16.9. The first kappa shape index (κ1) is 21.5. The third-order valence-electron chi connectivity index (χ3n) is 6.14. The predicted octanol–water partition coefficient (Wildman–Crippen LogP) is 4.69. The molecule has 1 aromatic rings. The number of amides is 3. The highest BCUT2D eigenvalue weighted by Crippen LogP contribution is 2.28. The molecule has 0 atom stereocenters. The smallest absolute Gasteiger partial charge is 0.321 e. The van der Waals surface area contributed by atoms with Gasteiger partial charge in [0.2, 0.25) is 5.91 Å². The van der Waals surface area contributed by atoms with Crippen LogP contribution in [-0.2, 0) is 4.79 Å². The summed E-state index contributed by atoms with van der Waals surface area (Å²) in [5.41, 5.74) is 0.120. The third kappa shape index (κ3) is 6.98. The van der Waals surface area contributed by atoms with Gasteiger partial charge in [-0.05, 0) is 49.7 Å². The minimum Gasteiger partial charge on any atom is -0.356 e. The lowest BCUT2D eigenvalue weighted by Crippen LogP contribution is -2.41. The molecule has 0 radical (unpaired) electrons. The van der Waals surface area contributed by atoms with Crippen LogP contribution in [0.3, 0.4) is 0 Å². The fraction of sp³-hybridized carbons (Fsp3) is 0.636. The van der Waals surface area contributed by atoms with Crippen LogP contribution in [0.2, 0.25) is 0 Å². The van der Waals surface area contributed by atoms with Crippen LogP contribution in [0.15, 0.2) is 18.2 Å². The maximum Gasteiger partial charge on any atom is 0.321 e. The van der Waals surface area contributed by atoms with Crippen LogP contribution < -0.4 is 10.6 Å². The Morgan fingerprint density at radius 2 is 1.55 bits per heavy atom. The topological polar surface area (TPSA) is 61.4 Å². The van der Waals surface area contributed by atoms with Gasteiger partial charge in [-0.1, -0.05) is 25.7 Å². The van der Waals surface area contributed by atoms with E-state index in [-0.39, 0.29) is 17.6 Å². The average molecular weight is 408 g/mol. The lowest BCUT2D eigenvalue weighted by Gasteiger charge is -2.32. The molecular weight excluding hydrogens is 376 g/mol. The van der Waals surface area contributed by atoms with E-state index < -0.39 is 11.6 Å². The molecule has 3 rings (SSSR count). The molecule has 1 aliphatic carbocycles. The SMILES string of the molecule is O=C(CCC1CCCC1)NCCC1CCN(C(=O)Nc2cc(F)cc(F)c2)CC1. The number of likely N-dealkylation sites (tertiary alicyclic amines) is 1. The van der Waals surface area contributed by atoms with Crippen molar-refractivity contribution in [2.75, 3.05) is 25.0 Å². The molecule has 1 aliphatic heterocycles. The number of urea groups is 1. The van der Waals surface area contributed by atoms with Gasteiger partial charge >= 0.3 is 6.03 Å². The van der Waals surface area contributed by atoms with Crippen molar-refractivity contribution >= 4 is 17.6 Å². The van der Waals surface area contributed by atoms with Crippen LogP contribution >= 0.6 is 0 Å². The zero-order valence-electron chi connectivity index (χ0n) is 16.9. The van der Waals surface area contributed by atoms with E-state index >= 15 is 0 Å². The zero-order chi connectivity index (χ0) is 20.6. The molecule has 0 spiro atoms. The number of anilines is 1. The first-order chi connectivity index (χ1) is 14.0. The Kier molecular flexibility index (Phi) is 7.83. The summed E-state index contributed by atoms with van der Waals surface area (Å²) in [4.78, 5) is 25.9. The number of hydrogen-bond donors (Lipinski definition) is 2. The fourth-order valence-electron chi connectivity index (χ4n) is 4.39. The molecule has 5 nitrogen and oxygen atoms in total. The van der Waals surface area contributed by atoms with E-state index in [0.717, 1.165) is 49.8 Å². The van der Waals surface area contributed by atoms with Crippen LogP contribution in [0.1, 0.15) is 57.8 Å². The number of carbonyl (C=O) groups excluding carboxylic acids is 2. The van der Waals surface area contributed by atoms with Crippen molar-refractivity contribution < 1.29 is 18.4 Å². The first-order valence-electron chi connectivity index (χ1n) is 10.8. The highest BCUT2D eigenvalue weighted by molar-refractivity contribution is 5.89. The first-order valence-corrected chi connectivity index (χ1v) is 10.8. The van der Waals surface area contributed by atoms with Crippen molar-refractivity contribution in [2.45, 2.75) is 57.8 Å². The largest absolute Gasteiger partial charge is 0.356 e. The van der Waals surface area contributed by atoms with Crippen LogP contribution in [0, 0.1) is 23.5 Å². The molecule has 7 heteroatoms. The molecule has 0 unspecified atom stereocenters. The lowest BCUT2D eigenvalue weighted by atomic mass is 9.93. The molecule has 1 saturated carbocycles. The monoisotopic (exact) mass is 407 g/mol. The highest BCUT2D eigenvalue weighted by atomic mass is 19.1. The number of rotatable bonds is 7. The number of carbonyl (C=O) groups is 2. The highest BCUT2D eigenvalue weighted by Gasteiger charge is 2.23. The van der Waals surface area contributed by atoms with Gasteiger partial charge in [0.05, 0.1) is 0 Å². The van der Waals surface area contributed by atoms with Gasteiger partial charge in [0, 0.05) is 37.8 Å². The van der Waals surface area contributed by atoms with Gasteiger partial charge in [-0.25, -0.2) is 13.6 Å². The van der Waals surface area contributed by atoms with Gasteiger partial charge in [0.15, 0.2) is 0 Å². The molecule has 1 saturated heterocycles. The number of piperidine rings is 1. The maximum absolute atomic E-state index is 13.2. The van der Waals surface area contributed by atoms with Crippen LogP contribution in [0.5, 0.6) is 0 Å². The molecule has 1 heterocycles. The van der Waals surface area contributed by atoms with Crippen molar-refractivity contribution in [3.05, 3.63) is 29.8 Å². The second-order valence-electron chi connectivity index (χ2n) is 8.35. The van der Waals surface area contributed by atoms with Gasteiger partial charge < -0.3 is 15.5 Å². The number of hydrogen-bond acceptors (Lipinski definition) is 2. The Bertz CT molecular complexity index is 679. The van der Waals surface area contributed by atoms with E-state index in [1.54, 1.807) is 4.90 Å². The fourth-order valence-corrected chi connectivity index (χ4v) is 4.39. The average Bonchev–Trinajstić information content (AvgIpc) is 3.20. The van der Waals surface area contributed by atoms with E-state index in [4.69, 9.17) is 0 Å². The van der Waals surface area contributed by atoms with Gasteiger partial charge in [0.25, 0.3) is 0 Å². The van der Waals surface area contributed by atoms with Crippen molar-refractivity contribution in [1.82, 2.24) is 10.2 Å². The van der Waals surface area contributed by atoms with E-state index in [1.807, 2.05) is 0 Å². The molecule has 0 aromatic heterocycles. The Balaban J connectivity index is 1.30. The summed E-state index contributed by atoms with van der Waals surface area (Å²) >= 11 is 0. The van der Waals surface area contributed by atoms with Crippen molar-refractivity contribution in [2.24, 2.45) is 11.8 Å². The molecule has 2 aliphatic rings. The van der Waals surface area contributed by atoms with Gasteiger partial charge in [-0.2, -0.15) is 0 Å². The molecule has 160 valence electrons. The van der Waals surface area contributed by atoms with E-state index in [0.29, 0.717) is 32.0 Å². The van der Waals surface area contributed by atoms with Crippen LogP contribution in [-0.4, -0.2) is 36.5 Å². The molecule has 0 bridgehead atoms. The Hall–Kier alpha value is -2.18. The molecule has 29 heavy (non-hydrogen) atoms. The van der Waals surface area contributed by atoms with Gasteiger partial charge in [0.1, 0.15) is 11.6 Å². The second kappa shape index (κ2) is 10.6. The lowest BCUT2D eigenvalue weighted by molar-refractivity contribution is -0.121. The number of halogens is 2. The van der Waals surface area contributed by atoms with Crippen LogP contribution in [0.25, 0.3) is 0 Å². The Morgan fingerprint density at radius 3 is 2.21 bits per heavy atom. The summed E-state index contributed by atoms with van der Waals surface area (Å²) in [6.45, 7) is 1.89. The summed E-state index contributed by atoms with van der Waals surface area (Å²) in [5, 5.41) is 5.58. The summed E-state index contributed by atoms with van der Waals surface area (Å²) in [6.07, 6.45) is 9.44. The summed E-state index contributed by atoms with van der Waals surface area (Å²) < 4.78 is 26.5. The standard InChI is InChI=1S/C22H31F2N3O2/c23-18-13-19(24)15-20(14-18)26-22(29)27-11-8-17(9-12-27)7-10-25-21(28)6-5-16-3-1-2-4-16/h13-17H,1-12H2,(H,25,28)(H,26,29). The number of benzene rings is 1. The summed E-state index contributed by atoms with van der Waals surface area (Å²) in [7, 11) is 0. The van der Waals surface area contributed by atoms with Crippen molar-refractivity contribution in [3.8, 4) is 0 Å². The van der Waals surface area contributed by atoms with Gasteiger partial charge in [-0.3, -0.25) is 4.79 Å². The van der Waals surface area contributed by atoms with E-state index in [1.165, 1.54) is 25.7 Å². The van der Waals surface area contributed by atoms with Crippen molar-refractivity contribution in [1.29, 1.82) is 0 Å². The summed E-state index contributed by atoms with van der Waals surface area (Å²) in [5.74, 6) is -0.0782. The molecule has 2 fully saturated rings. The normalized spacial score (nSPS) is 18.1. The van der Waals surface area contributed by atoms with Gasteiger partial charge in [-0.15, -0.1) is 0 Å². The maximum atomic E-state index is 13.2. The minimum atomic E-state index is -0.718. The third-order valence-corrected chi connectivity index (χ3v) is 6.14. The molecule has 2 N–H and O–H groups in total. The van der Waals surface area contributed by atoms with E-state index in [2.05, 4.69) is 10.6 Å². The van der Waals surface area contributed by atoms with Crippen molar-refractivity contribution in [3.63, 3.8) is 0 Å². The Labute approximate surface area is 171 Å². The molecule has 1 aromatic carbocycles. The second-order valence-corrected chi connectivity index (χ2v) is 8.35. The minimum absolute atomic E-state index is 0.120. The molecular formula is C22H31F2N3O2. The van der Waals surface area contributed by atoms with E-state index in [9.17, 15) is 18.4 Å². The Morgan fingerprint density at radius 1 is 0.931 bits per heavy atom. The number of nitrogens with zero attached hydrogens (tertiary/aromatic N) is 1.